The van der Waals surface area contributed by atoms with Gasteiger partial charge in [0.15, 0.2) is 12.3 Å². The van der Waals surface area contributed by atoms with Crippen molar-refractivity contribution in [2.24, 2.45) is 7.05 Å². The summed E-state index contributed by atoms with van der Waals surface area (Å²) in [4.78, 5) is 24.9. The van der Waals surface area contributed by atoms with E-state index in [-0.39, 0.29) is 18.2 Å². The Bertz CT molecular complexity index is 482. The summed E-state index contributed by atoms with van der Waals surface area (Å²) >= 11 is 0. The fraction of sp³-hybridized carbons (Fsp3) is 0.583. The Kier molecular flexibility index (Phi) is 4.91. The highest BCUT2D eigenvalue weighted by Gasteiger charge is 2.21. The molecule has 0 radical (unpaired) electrons. The Labute approximate surface area is 112 Å². The van der Waals surface area contributed by atoms with Crippen LogP contribution in [0.3, 0.4) is 0 Å². The molecule has 2 N–H and O–H groups in total. The average molecular weight is 268 g/mol. The minimum Gasteiger partial charge on any atom is -0.451 e. The molecule has 0 atom stereocenters. The van der Waals surface area contributed by atoms with Gasteiger partial charge in [-0.1, -0.05) is 6.92 Å². The fourth-order valence-electron chi connectivity index (χ4n) is 1.58. The quantitative estimate of drug-likeness (QED) is 0.770. The van der Waals surface area contributed by atoms with Crippen molar-refractivity contribution < 1.29 is 14.3 Å². The number of anilines is 1. The van der Waals surface area contributed by atoms with Gasteiger partial charge in [0.25, 0.3) is 5.91 Å². The highest BCUT2D eigenvalue weighted by Crippen LogP contribution is 2.17. The molecule has 1 aromatic heterocycles. The van der Waals surface area contributed by atoms with Gasteiger partial charge in [0.05, 0.1) is 11.4 Å². The number of likely N-dealkylation sites (N-methyl/N-ethyl adjacent to an activating group) is 1. The van der Waals surface area contributed by atoms with Gasteiger partial charge in [-0.15, -0.1) is 0 Å². The van der Waals surface area contributed by atoms with Gasteiger partial charge in [-0.05, 0) is 13.3 Å². The normalized spacial score (nSPS) is 10.3. The Morgan fingerprint density at radius 2 is 2.05 bits per heavy atom. The van der Waals surface area contributed by atoms with Crippen LogP contribution < -0.4 is 5.73 Å². The summed E-state index contributed by atoms with van der Waals surface area (Å²) < 4.78 is 6.34. The molecule has 7 nitrogen and oxygen atoms in total. The second kappa shape index (κ2) is 6.21. The summed E-state index contributed by atoms with van der Waals surface area (Å²) in [6.45, 7) is 4.00. The van der Waals surface area contributed by atoms with E-state index in [0.29, 0.717) is 24.3 Å². The van der Waals surface area contributed by atoms with E-state index >= 15 is 0 Å². The van der Waals surface area contributed by atoms with Crippen LogP contribution in [0, 0.1) is 0 Å². The summed E-state index contributed by atoms with van der Waals surface area (Å²) in [5.74, 6) is -0.891. The maximum Gasteiger partial charge on any atom is 0.359 e. The predicted molar refractivity (Wildman–Crippen MR) is 70.6 cm³/mol. The van der Waals surface area contributed by atoms with Crippen molar-refractivity contribution >= 4 is 17.6 Å². The number of aryl methyl sites for hydroxylation is 2. The van der Waals surface area contributed by atoms with Crippen LogP contribution in [0.4, 0.5) is 5.69 Å². The van der Waals surface area contributed by atoms with Crippen LogP contribution in [0.1, 0.15) is 30.0 Å². The number of carbonyl (C=O) groups is 2. The first-order valence-electron chi connectivity index (χ1n) is 6.14. The molecule has 1 rings (SSSR count). The molecule has 7 heteroatoms. The Morgan fingerprint density at radius 1 is 1.42 bits per heavy atom. The van der Waals surface area contributed by atoms with E-state index in [1.54, 1.807) is 14.1 Å². The monoisotopic (exact) mass is 268 g/mol. The summed E-state index contributed by atoms with van der Waals surface area (Å²) in [5, 5.41) is 4.12. The van der Waals surface area contributed by atoms with Crippen molar-refractivity contribution in [3.05, 3.63) is 11.4 Å². The third-order valence-electron chi connectivity index (χ3n) is 2.92. The molecule has 1 heterocycles. The second-order valence-electron chi connectivity index (χ2n) is 4.17. The number of nitrogen functional groups attached to an aromatic ring is 1. The van der Waals surface area contributed by atoms with Gasteiger partial charge in [0.1, 0.15) is 0 Å². The molecule has 0 aliphatic carbocycles. The van der Waals surface area contributed by atoms with E-state index in [9.17, 15) is 9.59 Å². The Morgan fingerprint density at radius 3 is 2.53 bits per heavy atom. The number of rotatable bonds is 5. The molecule has 1 amide bonds. The number of nitrogens with zero attached hydrogens (tertiary/aromatic N) is 3. The molecular weight excluding hydrogens is 248 g/mol. The zero-order valence-corrected chi connectivity index (χ0v) is 11.8. The molecule has 106 valence electrons. The number of ether oxygens (including phenoxy) is 1. The molecule has 0 aromatic carbocycles. The van der Waals surface area contributed by atoms with Crippen molar-refractivity contribution in [1.29, 1.82) is 0 Å². The Hall–Kier alpha value is -2.05. The highest BCUT2D eigenvalue weighted by atomic mass is 16.5. The molecule has 0 bridgehead atoms. The van der Waals surface area contributed by atoms with Gasteiger partial charge in [-0.2, -0.15) is 5.10 Å². The molecular formula is C12H20N4O3. The van der Waals surface area contributed by atoms with Gasteiger partial charge >= 0.3 is 5.97 Å². The lowest BCUT2D eigenvalue weighted by molar-refractivity contribution is -0.133. The largest absolute Gasteiger partial charge is 0.451 e. The van der Waals surface area contributed by atoms with Crippen molar-refractivity contribution in [3.63, 3.8) is 0 Å². The highest BCUT2D eigenvalue weighted by molar-refractivity contribution is 5.95. The molecule has 1 aromatic rings. The molecule has 0 saturated carbocycles. The van der Waals surface area contributed by atoms with Crippen molar-refractivity contribution in [1.82, 2.24) is 14.7 Å². The zero-order chi connectivity index (χ0) is 14.6. The van der Waals surface area contributed by atoms with Crippen LogP contribution >= 0.6 is 0 Å². The summed E-state index contributed by atoms with van der Waals surface area (Å²) in [6, 6.07) is 0. The third-order valence-corrected chi connectivity index (χ3v) is 2.92. The van der Waals surface area contributed by atoms with Crippen LogP contribution in [-0.4, -0.2) is 46.8 Å². The number of esters is 1. The lowest BCUT2D eigenvalue weighted by Gasteiger charge is -2.14. The summed E-state index contributed by atoms with van der Waals surface area (Å²) in [5.41, 5.74) is 6.97. The van der Waals surface area contributed by atoms with Crippen molar-refractivity contribution in [3.8, 4) is 0 Å². The van der Waals surface area contributed by atoms with Crippen LogP contribution in [0.5, 0.6) is 0 Å². The maximum absolute atomic E-state index is 11.9. The van der Waals surface area contributed by atoms with Gasteiger partial charge in [-0.3, -0.25) is 9.48 Å². The van der Waals surface area contributed by atoms with Gasteiger partial charge in [0, 0.05) is 20.6 Å². The molecule has 0 fully saturated rings. The van der Waals surface area contributed by atoms with E-state index in [2.05, 4.69) is 5.10 Å². The predicted octanol–water partition coefficient (Wildman–Crippen LogP) is 0.200. The van der Waals surface area contributed by atoms with Crippen LogP contribution in [0.25, 0.3) is 0 Å². The van der Waals surface area contributed by atoms with Gasteiger partial charge in [-0.25, -0.2) is 4.79 Å². The zero-order valence-electron chi connectivity index (χ0n) is 11.8. The van der Waals surface area contributed by atoms with E-state index in [0.717, 1.165) is 0 Å². The molecule has 0 aliphatic rings. The molecule has 0 unspecified atom stereocenters. The van der Waals surface area contributed by atoms with Crippen molar-refractivity contribution in [2.45, 2.75) is 20.3 Å². The van der Waals surface area contributed by atoms with Gasteiger partial charge < -0.3 is 15.4 Å². The van der Waals surface area contributed by atoms with E-state index in [4.69, 9.17) is 10.5 Å². The molecule has 0 aliphatic heterocycles. The number of carbonyl (C=O) groups excluding carboxylic acids is 2. The minimum atomic E-state index is -0.634. The van der Waals surface area contributed by atoms with Gasteiger partial charge in [0.2, 0.25) is 0 Å². The number of aromatic nitrogens is 2. The topological polar surface area (TPSA) is 90.5 Å². The number of hydrogen-bond donors (Lipinski definition) is 1. The fourth-order valence-corrected chi connectivity index (χ4v) is 1.58. The first kappa shape index (κ1) is 15.0. The lowest BCUT2D eigenvalue weighted by Crippen LogP contribution is -2.31. The van der Waals surface area contributed by atoms with E-state index in [1.807, 2.05) is 13.8 Å². The van der Waals surface area contributed by atoms with Crippen molar-refractivity contribution in [2.75, 3.05) is 25.9 Å². The smallest absolute Gasteiger partial charge is 0.359 e. The van der Waals surface area contributed by atoms with Crippen LogP contribution in [0.2, 0.25) is 0 Å². The van der Waals surface area contributed by atoms with Crippen LogP contribution in [0.15, 0.2) is 0 Å². The number of hydrogen-bond acceptors (Lipinski definition) is 5. The number of amides is 1. The Balaban J connectivity index is 2.74. The number of nitrogens with two attached hydrogens (primary N) is 1. The summed E-state index contributed by atoms with van der Waals surface area (Å²) in [6.07, 6.45) is 0.629. The second-order valence-corrected chi connectivity index (χ2v) is 4.17. The SMILES string of the molecule is CCc1nn(C)c(C(=O)OCC(=O)N(C)CC)c1N. The average Bonchev–Trinajstić information content (AvgIpc) is 2.69. The lowest BCUT2D eigenvalue weighted by atomic mass is 10.2. The third kappa shape index (κ3) is 3.24. The first-order chi connectivity index (χ1) is 8.92. The molecule has 0 saturated heterocycles. The first-order valence-corrected chi connectivity index (χ1v) is 6.14. The molecule has 0 spiro atoms. The molecule has 19 heavy (non-hydrogen) atoms. The van der Waals surface area contributed by atoms with Crippen LogP contribution in [-0.2, 0) is 23.0 Å². The standard InChI is InChI=1S/C12H20N4O3/c1-5-8-10(13)11(16(4)14-8)12(18)19-7-9(17)15(3)6-2/h5-7,13H2,1-4H3. The van der Waals surface area contributed by atoms with E-state index in [1.165, 1.54) is 9.58 Å². The van der Waals surface area contributed by atoms with E-state index < -0.39 is 5.97 Å². The summed E-state index contributed by atoms with van der Waals surface area (Å²) in [7, 11) is 3.26. The minimum absolute atomic E-state index is 0.184. The maximum atomic E-state index is 11.9.